The number of nitrogens with zero attached hydrogens (tertiary/aromatic N) is 1. The van der Waals surface area contributed by atoms with Crippen LogP contribution in [0, 0.1) is 6.92 Å². The molecule has 1 aliphatic heterocycles. The number of rotatable bonds is 6. The molecule has 192 valence electrons. The van der Waals surface area contributed by atoms with E-state index in [0.29, 0.717) is 29.4 Å². The Bertz CT molecular complexity index is 1370. The minimum absolute atomic E-state index is 0.0539. The second-order valence-corrected chi connectivity index (χ2v) is 10.1. The molecule has 1 aliphatic rings. The van der Waals surface area contributed by atoms with E-state index in [1.165, 1.54) is 4.90 Å². The van der Waals surface area contributed by atoms with Crippen LogP contribution >= 0.6 is 0 Å². The molecule has 0 saturated carbocycles. The quantitative estimate of drug-likeness (QED) is 0.244. The zero-order valence-electron chi connectivity index (χ0n) is 22.2. The Balaban J connectivity index is 1.93. The monoisotopic (exact) mass is 499 g/mol. The van der Waals surface area contributed by atoms with Gasteiger partial charge in [-0.25, -0.2) is 0 Å². The lowest BCUT2D eigenvalue weighted by molar-refractivity contribution is -0.132. The summed E-state index contributed by atoms with van der Waals surface area (Å²) in [6.45, 7) is 10.5. The number of methoxy groups -OCH3 is 1. The van der Waals surface area contributed by atoms with Gasteiger partial charge in [-0.3, -0.25) is 14.5 Å². The van der Waals surface area contributed by atoms with Crippen LogP contribution in [0.1, 0.15) is 56.0 Å². The van der Waals surface area contributed by atoms with Crippen molar-refractivity contribution < 1.29 is 24.2 Å². The van der Waals surface area contributed by atoms with E-state index in [2.05, 4.69) is 0 Å². The largest absolute Gasteiger partial charge is 0.507 e. The number of ketones is 1. The second-order valence-electron chi connectivity index (χ2n) is 10.1. The molecule has 1 atom stereocenters. The normalized spacial score (nSPS) is 17.2. The third-order valence-corrected chi connectivity index (χ3v) is 6.63. The summed E-state index contributed by atoms with van der Waals surface area (Å²) < 4.78 is 11.1. The summed E-state index contributed by atoms with van der Waals surface area (Å²) in [4.78, 5) is 28.4. The van der Waals surface area contributed by atoms with Crippen LogP contribution < -0.4 is 14.4 Å². The first-order valence-corrected chi connectivity index (χ1v) is 12.4. The maximum absolute atomic E-state index is 13.5. The van der Waals surface area contributed by atoms with Gasteiger partial charge < -0.3 is 14.6 Å². The summed E-state index contributed by atoms with van der Waals surface area (Å²) in [7, 11) is 1.60. The van der Waals surface area contributed by atoms with E-state index in [9.17, 15) is 14.7 Å². The van der Waals surface area contributed by atoms with Crippen LogP contribution in [0.5, 0.6) is 11.5 Å². The molecule has 1 unspecified atom stereocenters. The van der Waals surface area contributed by atoms with Gasteiger partial charge in [0.25, 0.3) is 11.7 Å². The van der Waals surface area contributed by atoms with Gasteiger partial charge in [-0.1, -0.05) is 45.0 Å². The van der Waals surface area contributed by atoms with E-state index < -0.39 is 17.7 Å². The maximum atomic E-state index is 13.5. The van der Waals surface area contributed by atoms with Crippen molar-refractivity contribution in [2.24, 2.45) is 0 Å². The van der Waals surface area contributed by atoms with Gasteiger partial charge in [0.15, 0.2) is 0 Å². The Labute approximate surface area is 218 Å². The number of amides is 1. The van der Waals surface area contributed by atoms with Gasteiger partial charge >= 0.3 is 0 Å². The number of anilines is 1. The minimum Gasteiger partial charge on any atom is -0.507 e. The van der Waals surface area contributed by atoms with Crippen molar-refractivity contribution in [3.8, 4) is 11.5 Å². The highest BCUT2D eigenvalue weighted by molar-refractivity contribution is 6.51. The van der Waals surface area contributed by atoms with Crippen molar-refractivity contribution in [2.75, 3.05) is 18.6 Å². The predicted molar refractivity (Wildman–Crippen MR) is 145 cm³/mol. The first kappa shape index (κ1) is 26.0. The highest BCUT2D eigenvalue weighted by Crippen LogP contribution is 2.44. The van der Waals surface area contributed by atoms with E-state index in [-0.39, 0.29) is 16.7 Å². The van der Waals surface area contributed by atoms with Crippen molar-refractivity contribution in [3.05, 3.63) is 94.6 Å². The fraction of sp³-hybridized carbons (Fsp3) is 0.290. The molecule has 1 fully saturated rings. The van der Waals surface area contributed by atoms with Gasteiger partial charge in [0.2, 0.25) is 0 Å². The van der Waals surface area contributed by atoms with Gasteiger partial charge in [0.1, 0.15) is 17.3 Å². The zero-order chi connectivity index (χ0) is 26.9. The van der Waals surface area contributed by atoms with Crippen LogP contribution in [-0.4, -0.2) is 30.5 Å². The summed E-state index contributed by atoms with van der Waals surface area (Å²) in [6, 6.07) is 19.2. The molecular weight excluding hydrogens is 466 g/mol. The number of aliphatic hydroxyl groups excluding tert-OH is 1. The lowest BCUT2D eigenvalue weighted by Gasteiger charge is -2.27. The first-order chi connectivity index (χ1) is 17.6. The SMILES string of the molecule is CCOc1ccc(N2C(=O)C(=O)/C(=C(/O)c3ccc(OC)c(C(C)(C)C)c3)C2c2ccccc2C)cc1. The van der Waals surface area contributed by atoms with Gasteiger partial charge in [-0.05, 0) is 72.9 Å². The molecule has 0 aliphatic carbocycles. The maximum Gasteiger partial charge on any atom is 0.300 e. The molecule has 4 rings (SSSR count). The number of hydrogen-bond acceptors (Lipinski definition) is 5. The van der Waals surface area contributed by atoms with E-state index in [0.717, 1.165) is 16.7 Å². The summed E-state index contributed by atoms with van der Waals surface area (Å²) in [6.07, 6.45) is 0. The molecule has 1 saturated heterocycles. The molecule has 6 nitrogen and oxygen atoms in total. The Morgan fingerprint density at radius 1 is 1.00 bits per heavy atom. The van der Waals surface area contributed by atoms with E-state index >= 15 is 0 Å². The van der Waals surface area contributed by atoms with Crippen molar-refractivity contribution in [2.45, 2.75) is 46.1 Å². The molecule has 1 N–H and O–H groups in total. The Morgan fingerprint density at radius 2 is 1.68 bits per heavy atom. The second kappa shape index (κ2) is 10.1. The van der Waals surface area contributed by atoms with Crippen LogP contribution in [0.15, 0.2) is 72.3 Å². The molecule has 0 bridgehead atoms. The molecular formula is C31H33NO5. The number of carbonyl (C=O) groups is 2. The Kier molecular flexibility index (Phi) is 7.12. The summed E-state index contributed by atoms with van der Waals surface area (Å²) in [5, 5.41) is 11.6. The van der Waals surface area contributed by atoms with Crippen molar-refractivity contribution in [1.29, 1.82) is 0 Å². The lowest BCUT2D eigenvalue weighted by atomic mass is 9.84. The molecule has 6 heteroatoms. The van der Waals surface area contributed by atoms with Crippen LogP contribution in [0.4, 0.5) is 5.69 Å². The number of hydrogen-bond donors (Lipinski definition) is 1. The van der Waals surface area contributed by atoms with E-state index in [1.807, 2.05) is 65.0 Å². The Morgan fingerprint density at radius 3 is 2.27 bits per heavy atom. The Hall–Kier alpha value is -4.06. The summed E-state index contributed by atoms with van der Waals surface area (Å²) in [5.41, 5.74) is 3.33. The number of aliphatic hydroxyl groups is 1. The molecule has 0 spiro atoms. The number of aryl methyl sites for hydroxylation is 1. The lowest BCUT2D eigenvalue weighted by Crippen LogP contribution is -2.29. The molecule has 1 heterocycles. The molecule has 0 aromatic heterocycles. The number of carbonyl (C=O) groups excluding carboxylic acids is 2. The van der Waals surface area contributed by atoms with Gasteiger partial charge in [-0.2, -0.15) is 0 Å². The van der Waals surface area contributed by atoms with Crippen molar-refractivity contribution >= 4 is 23.1 Å². The smallest absolute Gasteiger partial charge is 0.300 e. The fourth-order valence-electron chi connectivity index (χ4n) is 4.75. The van der Waals surface area contributed by atoms with Gasteiger partial charge in [-0.15, -0.1) is 0 Å². The molecule has 0 radical (unpaired) electrons. The van der Waals surface area contributed by atoms with Crippen molar-refractivity contribution in [1.82, 2.24) is 0 Å². The molecule has 3 aromatic rings. The average molecular weight is 500 g/mol. The van der Waals surface area contributed by atoms with Crippen LogP contribution in [0.3, 0.4) is 0 Å². The number of benzene rings is 3. The molecule has 37 heavy (non-hydrogen) atoms. The van der Waals surface area contributed by atoms with Gasteiger partial charge in [0, 0.05) is 16.8 Å². The third kappa shape index (κ3) is 4.84. The third-order valence-electron chi connectivity index (χ3n) is 6.63. The minimum atomic E-state index is -0.792. The predicted octanol–water partition coefficient (Wildman–Crippen LogP) is 6.33. The molecule has 1 amide bonds. The summed E-state index contributed by atoms with van der Waals surface area (Å²) in [5.74, 6) is -0.276. The van der Waals surface area contributed by atoms with Crippen LogP contribution in [0.2, 0.25) is 0 Å². The fourth-order valence-corrected chi connectivity index (χ4v) is 4.75. The van der Waals surface area contributed by atoms with E-state index in [1.54, 1.807) is 43.5 Å². The standard InChI is InChI=1S/C31H33NO5/c1-7-37-22-15-13-21(14-16-22)32-27(23-11-9-8-10-19(23)2)26(29(34)30(32)35)28(33)20-12-17-25(36-6)24(18-20)31(3,4)5/h8-18,27,33H,7H2,1-6H3/b28-26+. The summed E-state index contributed by atoms with van der Waals surface area (Å²) >= 11 is 0. The first-order valence-electron chi connectivity index (χ1n) is 12.4. The van der Waals surface area contributed by atoms with E-state index in [4.69, 9.17) is 9.47 Å². The van der Waals surface area contributed by atoms with Crippen LogP contribution in [0.25, 0.3) is 5.76 Å². The number of Topliss-reactive ketones (excluding diaryl/α,β-unsaturated/α-hetero) is 1. The molecule has 3 aromatic carbocycles. The average Bonchev–Trinajstić information content (AvgIpc) is 3.13. The zero-order valence-corrected chi connectivity index (χ0v) is 22.2. The number of ether oxygens (including phenoxy) is 2. The topological polar surface area (TPSA) is 76.1 Å². The van der Waals surface area contributed by atoms with Crippen LogP contribution in [-0.2, 0) is 15.0 Å². The van der Waals surface area contributed by atoms with Crippen molar-refractivity contribution in [3.63, 3.8) is 0 Å². The van der Waals surface area contributed by atoms with Gasteiger partial charge in [0.05, 0.1) is 25.3 Å². The highest BCUT2D eigenvalue weighted by atomic mass is 16.5. The highest BCUT2D eigenvalue weighted by Gasteiger charge is 2.47.